The Hall–Kier alpha value is -0.780. The van der Waals surface area contributed by atoms with Gasteiger partial charge in [0.05, 0.1) is 11.3 Å². The van der Waals surface area contributed by atoms with Gasteiger partial charge >= 0.3 is 0 Å². The zero-order valence-corrected chi connectivity index (χ0v) is 12.5. The minimum absolute atomic E-state index is 0. The smallest absolute Gasteiger partial charge is 0.101 e. The molecule has 0 aliphatic rings. The molecule has 0 amide bonds. The van der Waals surface area contributed by atoms with Crippen molar-refractivity contribution in [1.29, 1.82) is 5.26 Å². The van der Waals surface area contributed by atoms with Crippen molar-refractivity contribution in [3.63, 3.8) is 0 Å². The van der Waals surface area contributed by atoms with Crippen LogP contribution >= 0.6 is 24.8 Å². The lowest BCUT2D eigenvalue weighted by Gasteiger charge is -2.02. The maximum absolute atomic E-state index is 8.90. The number of aromatic nitrogens is 1. The van der Waals surface area contributed by atoms with Crippen LogP contribution in [0, 0.1) is 11.3 Å². The molecular formula is C14H22Cl2N2. The molecule has 0 bridgehead atoms. The molecule has 0 aliphatic carbocycles. The van der Waals surface area contributed by atoms with Crippen molar-refractivity contribution in [2.24, 2.45) is 0 Å². The Morgan fingerprint density at radius 3 is 2.44 bits per heavy atom. The van der Waals surface area contributed by atoms with E-state index in [1.165, 1.54) is 32.1 Å². The number of rotatable bonds is 7. The summed E-state index contributed by atoms with van der Waals surface area (Å²) in [4.78, 5) is 4.26. The van der Waals surface area contributed by atoms with Crippen molar-refractivity contribution in [2.75, 3.05) is 0 Å². The van der Waals surface area contributed by atoms with Gasteiger partial charge < -0.3 is 0 Å². The lowest BCUT2D eigenvalue weighted by Crippen LogP contribution is -1.94. The predicted octanol–water partition coefficient (Wildman–Crippen LogP) is 4.70. The highest BCUT2D eigenvalue weighted by Gasteiger charge is 2.01. The van der Waals surface area contributed by atoms with Crippen molar-refractivity contribution in [2.45, 2.75) is 51.9 Å². The van der Waals surface area contributed by atoms with E-state index in [1.54, 1.807) is 6.20 Å². The van der Waals surface area contributed by atoms with Crippen LogP contribution in [-0.2, 0) is 6.42 Å². The van der Waals surface area contributed by atoms with E-state index in [4.69, 9.17) is 5.26 Å². The first-order valence-electron chi connectivity index (χ1n) is 6.22. The van der Waals surface area contributed by atoms with Crippen LogP contribution in [0.15, 0.2) is 18.3 Å². The first-order chi connectivity index (χ1) is 7.88. The SMILES string of the molecule is CCCCCCCCc1ncccc1C#N.Cl.Cl. The quantitative estimate of drug-likeness (QED) is 0.682. The third kappa shape index (κ3) is 7.53. The van der Waals surface area contributed by atoms with Crippen molar-refractivity contribution in [3.05, 3.63) is 29.6 Å². The van der Waals surface area contributed by atoms with Gasteiger partial charge in [0.1, 0.15) is 6.07 Å². The van der Waals surface area contributed by atoms with Gasteiger partial charge in [-0.3, -0.25) is 4.98 Å². The molecule has 1 rings (SSSR count). The number of pyridine rings is 1. The second kappa shape index (κ2) is 12.7. The normalized spacial score (nSPS) is 8.89. The zero-order chi connectivity index (χ0) is 11.6. The first kappa shape index (κ1) is 19.6. The lowest BCUT2D eigenvalue weighted by molar-refractivity contribution is 0.604. The third-order valence-electron chi connectivity index (χ3n) is 2.78. The van der Waals surface area contributed by atoms with E-state index in [2.05, 4.69) is 18.0 Å². The fourth-order valence-corrected chi connectivity index (χ4v) is 1.81. The molecule has 0 atom stereocenters. The van der Waals surface area contributed by atoms with Crippen LogP contribution < -0.4 is 0 Å². The molecule has 1 aromatic rings. The van der Waals surface area contributed by atoms with Crippen LogP contribution in [0.1, 0.15) is 56.7 Å². The minimum atomic E-state index is 0. The van der Waals surface area contributed by atoms with E-state index in [0.717, 1.165) is 24.1 Å². The molecule has 0 fully saturated rings. The lowest BCUT2D eigenvalue weighted by atomic mass is 10.1. The van der Waals surface area contributed by atoms with Gasteiger partial charge in [-0.05, 0) is 25.0 Å². The van der Waals surface area contributed by atoms with E-state index in [0.29, 0.717) is 0 Å². The summed E-state index contributed by atoms with van der Waals surface area (Å²) < 4.78 is 0. The van der Waals surface area contributed by atoms with Crippen molar-refractivity contribution in [1.82, 2.24) is 4.98 Å². The average molecular weight is 289 g/mol. The highest BCUT2D eigenvalue weighted by Crippen LogP contribution is 2.11. The van der Waals surface area contributed by atoms with E-state index in [1.807, 2.05) is 12.1 Å². The van der Waals surface area contributed by atoms with Crippen molar-refractivity contribution in [3.8, 4) is 6.07 Å². The number of nitriles is 1. The standard InChI is InChI=1S/C14H20N2.2ClH/c1-2-3-4-5-6-7-10-14-13(12-15)9-8-11-16-14;;/h8-9,11H,2-7,10H2,1H3;2*1H. The second-order valence-electron chi connectivity index (χ2n) is 4.13. The topological polar surface area (TPSA) is 36.7 Å². The maximum atomic E-state index is 8.90. The zero-order valence-electron chi connectivity index (χ0n) is 10.9. The Balaban J connectivity index is 0. The van der Waals surface area contributed by atoms with Gasteiger partial charge in [0, 0.05) is 6.20 Å². The highest BCUT2D eigenvalue weighted by molar-refractivity contribution is 5.85. The van der Waals surface area contributed by atoms with E-state index in [9.17, 15) is 0 Å². The molecular weight excluding hydrogens is 267 g/mol. The number of aryl methyl sites for hydroxylation is 1. The fourth-order valence-electron chi connectivity index (χ4n) is 1.81. The summed E-state index contributed by atoms with van der Waals surface area (Å²) in [6.45, 7) is 2.23. The van der Waals surface area contributed by atoms with E-state index in [-0.39, 0.29) is 24.8 Å². The summed E-state index contributed by atoms with van der Waals surface area (Å²) in [6, 6.07) is 5.86. The van der Waals surface area contributed by atoms with Gasteiger partial charge in [-0.2, -0.15) is 5.26 Å². The molecule has 0 unspecified atom stereocenters. The summed E-state index contributed by atoms with van der Waals surface area (Å²) >= 11 is 0. The largest absolute Gasteiger partial charge is 0.260 e. The summed E-state index contributed by atoms with van der Waals surface area (Å²) in [5.74, 6) is 0. The Morgan fingerprint density at radius 2 is 1.78 bits per heavy atom. The Bertz CT molecular complexity index is 348. The molecule has 0 aliphatic heterocycles. The van der Waals surface area contributed by atoms with Gasteiger partial charge in [0.25, 0.3) is 0 Å². The molecule has 0 N–H and O–H groups in total. The Labute approximate surface area is 123 Å². The van der Waals surface area contributed by atoms with E-state index >= 15 is 0 Å². The number of hydrogen-bond acceptors (Lipinski definition) is 2. The van der Waals surface area contributed by atoms with Crippen molar-refractivity contribution < 1.29 is 0 Å². The van der Waals surface area contributed by atoms with Gasteiger partial charge in [0.15, 0.2) is 0 Å². The first-order valence-corrected chi connectivity index (χ1v) is 6.22. The summed E-state index contributed by atoms with van der Waals surface area (Å²) in [6.07, 6.45) is 10.4. The van der Waals surface area contributed by atoms with Gasteiger partial charge in [-0.1, -0.05) is 39.0 Å². The summed E-state index contributed by atoms with van der Waals surface area (Å²) in [5, 5.41) is 8.90. The summed E-state index contributed by atoms with van der Waals surface area (Å²) in [7, 11) is 0. The molecule has 0 aromatic carbocycles. The molecule has 0 saturated carbocycles. The fraction of sp³-hybridized carbons (Fsp3) is 0.571. The molecule has 18 heavy (non-hydrogen) atoms. The summed E-state index contributed by atoms with van der Waals surface area (Å²) in [5.41, 5.74) is 1.69. The number of unbranched alkanes of at least 4 members (excludes halogenated alkanes) is 5. The Morgan fingerprint density at radius 1 is 1.11 bits per heavy atom. The maximum Gasteiger partial charge on any atom is 0.101 e. The minimum Gasteiger partial charge on any atom is -0.260 e. The second-order valence-corrected chi connectivity index (χ2v) is 4.13. The number of nitrogens with zero attached hydrogens (tertiary/aromatic N) is 2. The molecule has 0 spiro atoms. The van der Waals surface area contributed by atoms with Crippen LogP contribution in [0.2, 0.25) is 0 Å². The van der Waals surface area contributed by atoms with Crippen LogP contribution in [0.5, 0.6) is 0 Å². The third-order valence-corrected chi connectivity index (χ3v) is 2.78. The number of hydrogen-bond donors (Lipinski definition) is 0. The van der Waals surface area contributed by atoms with Crippen LogP contribution in [-0.4, -0.2) is 4.98 Å². The molecule has 102 valence electrons. The van der Waals surface area contributed by atoms with Gasteiger partial charge in [-0.25, -0.2) is 0 Å². The molecule has 2 nitrogen and oxygen atoms in total. The molecule has 4 heteroatoms. The monoisotopic (exact) mass is 288 g/mol. The van der Waals surface area contributed by atoms with E-state index < -0.39 is 0 Å². The molecule has 1 heterocycles. The van der Waals surface area contributed by atoms with Gasteiger partial charge in [-0.15, -0.1) is 24.8 Å². The van der Waals surface area contributed by atoms with Crippen LogP contribution in [0.25, 0.3) is 0 Å². The van der Waals surface area contributed by atoms with Crippen LogP contribution in [0.4, 0.5) is 0 Å². The molecule has 1 aromatic heterocycles. The van der Waals surface area contributed by atoms with Gasteiger partial charge in [0.2, 0.25) is 0 Å². The predicted molar refractivity (Wildman–Crippen MR) is 80.5 cm³/mol. The average Bonchev–Trinajstić information content (AvgIpc) is 2.34. The Kier molecular flexibility index (Phi) is 13.8. The number of halogens is 2. The highest BCUT2D eigenvalue weighted by atomic mass is 35.5. The van der Waals surface area contributed by atoms with Crippen molar-refractivity contribution >= 4 is 24.8 Å². The molecule has 0 radical (unpaired) electrons. The molecule has 0 saturated heterocycles. The van der Waals surface area contributed by atoms with Crippen LogP contribution in [0.3, 0.4) is 0 Å².